The first-order chi connectivity index (χ1) is 8.66. The Balaban J connectivity index is 2.08. The summed E-state index contributed by atoms with van der Waals surface area (Å²) < 4.78 is 0.851. The number of hydrogen-bond donors (Lipinski definition) is 2. The number of nitrogens with one attached hydrogen (secondary N) is 1. The van der Waals surface area contributed by atoms with E-state index in [1.807, 2.05) is 18.2 Å². The van der Waals surface area contributed by atoms with Gasteiger partial charge in [-0.05, 0) is 46.2 Å². The minimum atomic E-state index is -0.737. The van der Waals surface area contributed by atoms with E-state index in [1.54, 1.807) is 0 Å². The number of hydrogen-bond acceptors (Lipinski definition) is 2. The first kappa shape index (κ1) is 11.7. The van der Waals surface area contributed by atoms with Gasteiger partial charge in [-0.15, -0.1) is 0 Å². The minimum Gasteiger partial charge on any atom is -0.481 e. The predicted octanol–water partition coefficient (Wildman–Crippen LogP) is 3.29. The average Bonchev–Trinajstić information content (AvgIpc) is 3.11. The highest BCUT2D eigenvalue weighted by atomic mass is 79.9. The Bertz CT molecular complexity index is 604. The molecule has 94 valence electrons. The fourth-order valence-corrected chi connectivity index (χ4v) is 2.95. The minimum absolute atomic E-state index is 0.0846. The summed E-state index contributed by atoms with van der Waals surface area (Å²) in [5.41, 5.74) is 1.95. The van der Waals surface area contributed by atoms with Crippen LogP contribution in [0.25, 0.3) is 10.9 Å². The van der Waals surface area contributed by atoms with Crippen molar-refractivity contribution in [3.63, 3.8) is 0 Å². The van der Waals surface area contributed by atoms with Crippen LogP contribution in [0.15, 0.2) is 22.8 Å². The number of fused-ring (bicyclic) bond motifs is 1. The SMILES string of the molecule is O=C(O)CC(c1cccc2c(Br)[nH]nc12)C1CC1. The third kappa shape index (κ3) is 2.03. The molecular formula is C13H13BrN2O2. The summed E-state index contributed by atoms with van der Waals surface area (Å²) in [5.74, 6) is -0.151. The summed E-state index contributed by atoms with van der Waals surface area (Å²) >= 11 is 3.42. The van der Waals surface area contributed by atoms with Crippen molar-refractivity contribution >= 4 is 32.8 Å². The Labute approximate surface area is 113 Å². The number of aromatic nitrogens is 2. The molecule has 0 spiro atoms. The number of nitrogens with zero attached hydrogens (tertiary/aromatic N) is 1. The van der Waals surface area contributed by atoms with Gasteiger partial charge in [-0.25, -0.2) is 0 Å². The zero-order valence-corrected chi connectivity index (χ0v) is 11.3. The number of aliphatic carboxylic acids is 1. The highest BCUT2D eigenvalue weighted by molar-refractivity contribution is 9.10. The Morgan fingerprint density at radius 3 is 3.00 bits per heavy atom. The number of halogens is 1. The van der Waals surface area contributed by atoms with Crippen LogP contribution in [-0.4, -0.2) is 21.3 Å². The van der Waals surface area contributed by atoms with Crippen molar-refractivity contribution in [2.24, 2.45) is 5.92 Å². The summed E-state index contributed by atoms with van der Waals surface area (Å²) in [5, 5.41) is 17.3. The molecular weight excluding hydrogens is 296 g/mol. The molecule has 4 nitrogen and oxygen atoms in total. The molecule has 1 aliphatic rings. The molecule has 1 heterocycles. The molecule has 1 aliphatic carbocycles. The first-order valence-electron chi connectivity index (χ1n) is 6.01. The van der Waals surface area contributed by atoms with Crippen molar-refractivity contribution in [2.45, 2.75) is 25.2 Å². The molecule has 1 saturated carbocycles. The van der Waals surface area contributed by atoms with Crippen LogP contribution >= 0.6 is 15.9 Å². The number of carboxylic acids is 1. The smallest absolute Gasteiger partial charge is 0.303 e. The number of para-hydroxylation sites is 1. The number of benzene rings is 1. The Kier molecular flexibility index (Phi) is 2.86. The summed E-state index contributed by atoms with van der Waals surface area (Å²) in [6, 6.07) is 5.95. The maximum absolute atomic E-state index is 11.0. The topological polar surface area (TPSA) is 66.0 Å². The van der Waals surface area contributed by atoms with E-state index in [1.165, 1.54) is 0 Å². The van der Waals surface area contributed by atoms with Crippen molar-refractivity contribution in [3.05, 3.63) is 28.4 Å². The molecule has 0 bridgehead atoms. The number of carbonyl (C=O) groups is 1. The van der Waals surface area contributed by atoms with Crippen LogP contribution in [0, 0.1) is 5.92 Å². The number of H-pyrrole nitrogens is 1. The quantitative estimate of drug-likeness (QED) is 0.910. The molecule has 1 atom stereocenters. The lowest BCUT2D eigenvalue weighted by molar-refractivity contribution is -0.137. The molecule has 3 rings (SSSR count). The Hall–Kier alpha value is -1.36. The van der Waals surface area contributed by atoms with Gasteiger partial charge in [0.05, 0.1) is 11.9 Å². The third-order valence-corrected chi connectivity index (χ3v) is 4.16. The molecule has 1 fully saturated rings. The van der Waals surface area contributed by atoms with E-state index < -0.39 is 5.97 Å². The van der Waals surface area contributed by atoms with Gasteiger partial charge in [0.1, 0.15) is 4.60 Å². The summed E-state index contributed by atoms with van der Waals surface area (Å²) in [7, 11) is 0. The molecule has 18 heavy (non-hydrogen) atoms. The van der Waals surface area contributed by atoms with Crippen LogP contribution < -0.4 is 0 Å². The van der Waals surface area contributed by atoms with Gasteiger partial charge in [0.15, 0.2) is 0 Å². The second kappa shape index (κ2) is 4.39. The number of aromatic amines is 1. The van der Waals surface area contributed by atoms with Gasteiger partial charge < -0.3 is 5.11 Å². The first-order valence-corrected chi connectivity index (χ1v) is 6.80. The molecule has 1 aromatic heterocycles. The summed E-state index contributed by atoms with van der Waals surface area (Å²) in [4.78, 5) is 11.0. The van der Waals surface area contributed by atoms with E-state index in [9.17, 15) is 4.79 Å². The van der Waals surface area contributed by atoms with E-state index in [0.717, 1.165) is 33.9 Å². The van der Waals surface area contributed by atoms with Crippen molar-refractivity contribution in [3.8, 4) is 0 Å². The van der Waals surface area contributed by atoms with Gasteiger partial charge in [0, 0.05) is 5.39 Å². The number of carboxylic acid groups (broad SMARTS) is 1. The second-order valence-corrected chi connectivity index (χ2v) is 5.62. The van der Waals surface area contributed by atoms with E-state index in [0.29, 0.717) is 5.92 Å². The predicted molar refractivity (Wildman–Crippen MR) is 71.5 cm³/mol. The van der Waals surface area contributed by atoms with Crippen LogP contribution in [0.1, 0.15) is 30.7 Å². The summed E-state index contributed by atoms with van der Waals surface area (Å²) in [6.45, 7) is 0. The maximum Gasteiger partial charge on any atom is 0.303 e. The molecule has 5 heteroatoms. The molecule has 1 aromatic carbocycles. The molecule has 2 aromatic rings. The van der Waals surface area contributed by atoms with Gasteiger partial charge in [0.25, 0.3) is 0 Å². The molecule has 0 saturated heterocycles. The zero-order chi connectivity index (χ0) is 12.7. The molecule has 0 radical (unpaired) electrons. The van der Waals surface area contributed by atoms with Gasteiger partial charge in [-0.2, -0.15) is 5.10 Å². The third-order valence-electron chi connectivity index (χ3n) is 3.55. The van der Waals surface area contributed by atoms with Crippen molar-refractivity contribution in [1.29, 1.82) is 0 Å². The van der Waals surface area contributed by atoms with Crippen LogP contribution in [-0.2, 0) is 4.79 Å². The molecule has 2 N–H and O–H groups in total. The van der Waals surface area contributed by atoms with Crippen LogP contribution in [0.2, 0.25) is 0 Å². The van der Waals surface area contributed by atoms with Crippen LogP contribution in [0.3, 0.4) is 0 Å². The van der Waals surface area contributed by atoms with Crippen molar-refractivity contribution in [2.75, 3.05) is 0 Å². The standard InChI is InChI=1S/C13H13BrN2O2/c14-13-9-3-1-2-8(12(9)15-16-13)10(6-11(17)18)7-4-5-7/h1-3,7,10H,4-6H2,(H,15,16)(H,17,18). The maximum atomic E-state index is 11.0. The Morgan fingerprint density at radius 2 is 2.33 bits per heavy atom. The lowest BCUT2D eigenvalue weighted by Gasteiger charge is -2.14. The second-order valence-electron chi connectivity index (χ2n) is 4.82. The van der Waals surface area contributed by atoms with Gasteiger partial charge in [-0.1, -0.05) is 18.2 Å². The molecule has 1 unspecified atom stereocenters. The van der Waals surface area contributed by atoms with E-state index in [4.69, 9.17) is 5.11 Å². The highest BCUT2D eigenvalue weighted by Gasteiger charge is 2.35. The lowest BCUT2D eigenvalue weighted by Crippen LogP contribution is -2.08. The molecule has 0 aliphatic heterocycles. The largest absolute Gasteiger partial charge is 0.481 e. The lowest BCUT2D eigenvalue weighted by atomic mass is 9.90. The van der Waals surface area contributed by atoms with E-state index in [-0.39, 0.29) is 12.3 Å². The number of rotatable bonds is 4. The van der Waals surface area contributed by atoms with Gasteiger partial charge in [-0.3, -0.25) is 9.89 Å². The average molecular weight is 309 g/mol. The van der Waals surface area contributed by atoms with Crippen LogP contribution in [0.4, 0.5) is 0 Å². The monoisotopic (exact) mass is 308 g/mol. The normalized spacial score (nSPS) is 16.9. The van der Waals surface area contributed by atoms with Crippen molar-refractivity contribution < 1.29 is 9.90 Å². The fourth-order valence-electron chi connectivity index (χ4n) is 2.54. The zero-order valence-electron chi connectivity index (χ0n) is 9.69. The van der Waals surface area contributed by atoms with Gasteiger partial charge in [0.2, 0.25) is 0 Å². The highest BCUT2D eigenvalue weighted by Crippen LogP contribution is 2.46. The molecule has 0 amide bonds. The Morgan fingerprint density at radius 1 is 1.56 bits per heavy atom. The van der Waals surface area contributed by atoms with Crippen molar-refractivity contribution in [1.82, 2.24) is 10.2 Å². The van der Waals surface area contributed by atoms with E-state index >= 15 is 0 Å². The van der Waals surface area contributed by atoms with E-state index in [2.05, 4.69) is 26.1 Å². The fraction of sp³-hybridized carbons (Fsp3) is 0.385. The van der Waals surface area contributed by atoms with Crippen LogP contribution in [0.5, 0.6) is 0 Å². The van der Waals surface area contributed by atoms with Gasteiger partial charge >= 0.3 is 5.97 Å². The summed E-state index contributed by atoms with van der Waals surface area (Å²) in [6.07, 6.45) is 2.44.